The van der Waals surface area contributed by atoms with E-state index in [2.05, 4.69) is 5.32 Å². The maximum absolute atomic E-state index is 13.6. The van der Waals surface area contributed by atoms with E-state index in [1.807, 2.05) is 30.3 Å². The van der Waals surface area contributed by atoms with Gasteiger partial charge in [0.2, 0.25) is 5.91 Å². The number of thioether (sulfide) groups is 1. The SMILES string of the molecule is CC(CC(=O)CNC(=O)COc1ccc([C@@H]2[C@@H](SCC(O)c3ccccc3)C(=O)N2c2ccc(F)cc2)cc1)[C@@H](N)C(=O)O. The first-order valence-electron chi connectivity index (χ1n) is 14.0. The van der Waals surface area contributed by atoms with Crippen molar-refractivity contribution in [3.8, 4) is 5.75 Å². The number of carbonyl (C=O) groups is 4. The van der Waals surface area contributed by atoms with Crippen molar-refractivity contribution in [1.82, 2.24) is 5.32 Å². The molecule has 5 atom stereocenters. The number of anilines is 1. The lowest BCUT2D eigenvalue weighted by atomic mass is 9.92. The van der Waals surface area contributed by atoms with Crippen LogP contribution in [0.5, 0.6) is 5.75 Å². The lowest BCUT2D eigenvalue weighted by Crippen LogP contribution is -2.57. The molecule has 44 heavy (non-hydrogen) atoms. The summed E-state index contributed by atoms with van der Waals surface area (Å²) in [5.41, 5.74) is 7.61. The first-order valence-corrected chi connectivity index (χ1v) is 15.0. The fourth-order valence-corrected chi connectivity index (χ4v) is 6.06. The number of ketones is 1. The minimum atomic E-state index is -1.20. The van der Waals surface area contributed by atoms with E-state index in [1.165, 1.54) is 23.9 Å². The Morgan fingerprint density at radius 2 is 1.70 bits per heavy atom. The Hall–Kier alpha value is -4.26. The fourth-order valence-electron chi connectivity index (χ4n) is 4.76. The Kier molecular flexibility index (Phi) is 11.1. The average Bonchev–Trinajstić information content (AvgIpc) is 3.02. The number of rotatable bonds is 15. The van der Waals surface area contributed by atoms with E-state index in [1.54, 1.807) is 48.2 Å². The molecule has 0 aromatic heterocycles. The van der Waals surface area contributed by atoms with Crippen LogP contribution in [0.4, 0.5) is 10.1 Å². The number of β-lactam (4-membered cyclic amide) rings is 1. The summed E-state index contributed by atoms with van der Waals surface area (Å²) in [5, 5.41) is 21.6. The highest BCUT2D eigenvalue weighted by molar-refractivity contribution is 8.00. The molecule has 3 aromatic rings. The van der Waals surface area contributed by atoms with Gasteiger partial charge in [-0.1, -0.05) is 49.4 Å². The molecule has 1 fully saturated rings. The third-order valence-corrected chi connectivity index (χ3v) is 8.62. The molecular weight excluding hydrogens is 589 g/mol. The van der Waals surface area contributed by atoms with Crippen LogP contribution in [0.2, 0.25) is 0 Å². The van der Waals surface area contributed by atoms with E-state index in [4.69, 9.17) is 15.6 Å². The molecular formula is C32H34FN3O7S. The second-order valence-electron chi connectivity index (χ2n) is 10.5. The largest absolute Gasteiger partial charge is 0.484 e. The molecule has 12 heteroatoms. The van der Waals surface area contributed by atoms with Crippen molar-refractivity contribution in [3.05, 3.63) is 95.8 Å². The molecule has 0 radical (unpaired) electrons. The van der Waals surface area contributed by atoms with Crippen LogP contribution in [-0.4, -0.2) is 64.0 Å². The van der Waals surface area contributed by atoms with Gasteiger partial charge < -0.3 is 30.9 Å². The maximum atomic E-state index is 13.6. The first kappa shape index (κ1) is 32.6. The highest BCUT2D eigenvalue weighted by Crippen LogP contribution is 2.46. The van der Waals surface area contributed by atoms with Gasteiger partial charge in [0.1, 0.15) is 22.9 Å². The van der Waals surface area contributed by atoms with Crippen molar-refractivity contribution in [1.29, 1.82) is 0 Å². The van der Waals surface area contributed by atoms with Gasteiger partial charge in [-0.15, -0.1) is 11.8 Å². The zero-order chi connectivity index (χ0) is 31.8. The normalized spacial score (nSPS) is 18.1. The van der Waals surface area contributed by atoms with Crippen LogP contribution in [0, 0.1) is 11.7 Å². The molecule has 2 unspecified atom stereocenters. The van der Waals surface area contributed by atoms with Gasteiger partial charge in [0.15, 0.2) is 12.4 Å². The number of benzene rings is 3. The summed E-state index contributed by atoms with van der Waals surface area (Å²) in [6.07, 6.45) is -0.837. The molecule has 1 aliphatic heterocycles. The molecule has 1 aliphatic rings. The number of carbonyl (C=O) groups excluding carboxylic acids is 3. The lowest BCUT2D eigenvalue weighted by molar-refractivity contribution is -0.140. The monoisotopic (exact) mass is 623 g/mol. The number of nitrogens with two attached hydrogens (primary N) is 1. The van der Waals surface area contributed by atoms with E-state index in [9.17, 15) is 28.7 Å². The number of hydrogen-bond acceptors (Lipinski definition) is 8. The van der Waals surface area contributed by atoms with Gasteiger partial charge >= 0.3 is 5.97 Å². The number of aliphatic carboxylic acids is 1. The van der Waals surface area contributed by atoms with Crippen molar-refractivity contribution in [2.45, 2.75) is 36.8 Å². The predicted octanol–water partition coefficient (Wildman–Crippen LogP) is 3.25. The van der Waals surface area contributed by atoms with Crippen molar-refractivity contribution in [3.63, 3.8) is 0 Å². The van der Waals surface area contributed by atoms with Gasteiger partial charge in [-0.25, -0.2) is 4.39 Å². The number of aliphatic hydroxyl groups excluding tert-OH is 1. The fraction of sp³-hybridized carbons (Fsp3) is 0.312. The number of nitrogens with zero attached hydrogens (tertiary/aromatic N) is 1. The number of carboxylic acids is 1. The first-order chi connectivity index (χ1) is 21.0. The standard InChI is InChI=1S/C32H34FN3O7S/c1-19(28(34)32(41)42)15-24(37)16-35-27(39)17-43-25-13-7-21(8-14-25)29-30(44-18-26(38)20-5-3-2-4-6-20)31(40)36(29)23-11-9-22(33)10-12-23/h2-14,19,26,28-30,38H,15-18,34H2,1H3,(H,35,39)(H,41,42)/t19?,26?,28-,29-,30-/m1/s1. The number of carboxylic acid groups (broad SMARTS) is 1. The van der Waals surface area contributed by atoms with Gasteiger partial charge in [0, 0.05) is 17.9 Å². The number of aliphatic hydroxyl groups is 1. The second kappa shape index (κ2) is 15.0. The quantitative estimate of drug-likeness (QED) is 0.186. The van der Waals surface area contributed by atoms with Crippen molar-refractivity contribution >= 4 is 41.0 Å². The minimum Gasteiger partial charge on any atom is -0.484 e. The number of hydrogen-bond donors (Lipinski definition) is 4. The summed E-state index contributed by atoms with van der Waals surface area (Å²) in [5.74, 6) is -2.54. The van der Waals surface area contributed by atoms with Crippen LogP contribution in [0.25, 0.3) is 0 Å². The summed E-state index contributed by atoms with van der Waals surface area (Å²) < 4.78 is 19.1. The number of ether oxygens (including phenoxy) is 1. The molecule has 5 N–H and O–H groups in total. The molecule has 1 heterocycles. The summed E-state index contributed by atoms with van der Waals surface area (Å²) in [6.45, 7) is 0.930. The average molecular weight is 624 g/mol. The molecule has 0 bridgehead atoms. The second-order valence-corrected chi connectivity index (χ2v) is 11.7. The Labute approximate surface area is 258 Å². The van der Waals surface area contributed by atoms with E-state index in [0.717, 1.165) is 11.1 Å². The molecule has 1 saturated heterocycles. The predicted molar refractivity (Wildman–Crippen MR) is 164 cm³/mol. The lowest BCUT2D eigenvalue weighted by Gasteiger charge is -2.47. The van der Waals surface area contributed by atoms with Crippen LogP contribution >= 0.6 is 11.8 Å². The Morgan fingerprint density at radius 3 is 2.34 bits per heavy atom. The highest BCUT2D eigenvalue weighted by atomic mass is 32.2. The zero-order valence-electron chi connectivity index (χ0n) is 24.0. The van der Waals surface area contributed by atoms with Crippen LogP contribution in [-0.2, 0) is 19.2 Å². The molecule has 3 aromatic carbocycles. The smallest absolute Gasteiger partial charge is 0.320 e. The van der Waals surface area contributed by atoms with Crippen molar-refractivity contribution in [2.75, 3.05) is 23.8 Å². The van der Waals surface area contributed by atoms with Gasteiger partial charge in [0.05, 0.1) is 18.7 Å². The highest BCUT2D eigenvalue weighted by Gasteiger charge is 2.49. The molecule has 0 saturated carbocycles. The van der Waals surface area contributed by atoms with E-state index >= 15 is 0 Å². The summed E-state index contributed by atoms with van der Waals surface area (Å²) >= 11 is 1.35. The van der Waals surface area contributed by atoms with Gasteiger partial charge in [0.25, 0.3) is 5.91 Å². The van der Waals surface area contributed by atoms with Crippen LogP contribution in [0.1, 0.15) is 36.6 Å². The Morgan fingerprint density at radius 1 is 1.05 bits per heavy atom. The molecule has 4 rings (SSSR count). The minimum absolute atomic E-state index is 0.0842. The van der Waals surface area contributed by atoms with E-state index in [-0.39, 0.29) is 37.3 Å². The number of amides is 2. The topological polar surface area (TPSA) is 159 Å². The van der Waals surface area contributed by atoms with Gasteiger partial charge in [-0.05, 0) is 53.4 Å². The summed E-state index contributed by atoms with van der Waals surface area (Å²) in [4.78, 5) is 50.1. The third kappa shape index (κ3) is 8.22. The molecule has 232 valence electrons. The Bertz CT molecular complexity index is 1460. The zero-order valence-corrected chi connectivity index (χ0v) is 24.8. The van der Waals surface area contributed by atoms with Crippen molar-refractivity contribution in [2.24, 2.45) is 11.7 Å². The van der Waals surface area contributed by atoms with Crippen LogP contribution in [0.15, 0.2) is 78.9 Å². The molecule has 10 nitrogen and oxygen atoms in total. The Balaban J connectivity index is 1.36. The van der Waals surface area contributed by atoms with E-state index < -0.39 is 41.0 Å². The number of nitrogens with one attached hydrogen (secondary N) is 1. The number of Topliss-reactive ketones (excluding diaryl/α,β-unsaturated/α-hetero) is 1. The maximum Gasteiger partial charge on any atom is 0.320 e. The van der Waals surface area contributed by atoms with Crippen molar-refractivity contribution < 1.29 is 38.5 Å². The molecule has 0 spiro atoms. The third-order valence-electron chi connectivity index (χ3n) is 7.29. The van der Waals surface area contributed by atoms with Crippen LogP contribution < -0.4 is 20.7 Å². The van der Waals surface area contributed by atoms with Crippen LogP contribution in [0.3, 0.4) is 0 Å². The van der Waals surface area contributed by atoms with E-state index in [0.29, 0.717) is 17.2 Å². The van der Waals surface area contributed by atoms with Gasteiger partial charge in [-0.2, -0.15) is 0 Å². The summed E-state index contributed by atoms with van der Waals surface area (Å²) in [6, 6.07) is 20.2. The van der Waals surface area contributed by atoms with Gasteiger partial charge in [-0.3, -0.25) is 19.2 Å². The molecule has 2 amide bonds. The number of halogens is 1. The summed E-state index contributed by atoms with van der Waals surface area (Å²) in [7, 11) is 0. The molecule has 0 aliphatic carbocycles.